The molecule has 0 saturated carbocycles. The monoisotopic (exact) mass is 521 g/mol. The van der Waals surface area contributed by atoms with E-state index < -0.39 is 18.1 Å². The van der Waals surface area contributed by atoms with Crippen LogP contribution in [0.3, 0.4) is 0 Å². The summed E-state index contributed by atoms with van der Waals surface area (Å²) in [4.78, 5) is 44.0. The summed E-state index contributed by atoms with van der Waals surface area (Å²) in [5, 5.41) is 8.83. The molecule has 1 saturated heterocycles. The first-order valence-electron chi connectivity index (χ1n) is 11.8. The van der Waals surface area contributed by atoms with E-state index >= 15 is 0 Å². The van der Waals surface area contributed by atoms with Crippen molar-refractivity contribution in [2.45, 2.75) is 32.4 Å². The van der Waals surface area contributed by atoms with Crippen molar-refractivity contribution in [2.75, 3.05) is 23.9 Å². The molecule has 0 aliphatic carbocycles. The van der Waals surface area contributed by atoms with E-state index in [2.05, 4.69) is 20.8 Å². The smallest absolute Gasteiger partial charge is 0.410 e. The molecule has 2 amide bonds. The van der Waals surface area contributed by atoms with Gasteiger partial charge in [-0.25, -0.2) is 14.6 Å². The molecular formula is C26H27N5O5S. The zero-order valence-electron chi connectivity index (χ0n) is 20.3. The van der Waals surface area contributed by atoms with Gasteiger partial charge >= 0.3 is 12.1 Å². The molecular weight excluding hydrogens is 494 g/mol. The maximum atomic E-state index is 13.0. The number of hydrogen-bond acceptors (Lipinski definition) is 9. The average Bonchev–Trinajstić information content (AvgIpc) is 3.59. The molecule has 0 unspecified atom stereocenters. The van der Waals surface area contributed by atoms with Crippen LogP contribution in [0.1, 0.15) is 31.0 Å². The van der Waals surface area contributed by atoms with E-state index in [9.17, 15) is 14.4 Å². The third-order valence-corrected chi connectivity index (χ3v) is 6.27. The summed E-state index contributed by atoms with van der Waals surface area (Å²) < 4.78 is 10.5. The first-order chi connectivity index (χ1) is 18.0. The molecule has 1 fully saturated rings. The Labute approximate surface area is 218 Å². The SMILES string of the molecule is CCOC(=O)/C(=N/Nc1ccccc1)c1csc(NC(=O)[C@@H]2CCCN2C(=O)OCc2ccccc2)n1. The average molecular weight is 522 g/mol. The summed E-state index contributed by atoms with van der Waals surface area (Å²) in [6.07, 6.45) is 0.665. The fourth-order valence-corrected chi connectivity index (χ4v) is 4.43. The lowest BCUT2D eigenvalue weighted by molar-refractivity contribution is -0.135. The fourth-order valence-electron chi connectivity index (χ4n) is 3.73. The summed E-state index contributed by atoms with van der Waals surface area (Å²) in [5.74, 6) is -1.01. The van der Waals surface area contributed by atoms with Crippen LogP contribution in [0, 0.1) is 0 Å². The van der Waals surface area contributed by atoms with Crippen molar-refractivity contribution in [1.82, 2.24) is 9.88 Å². The van der Waals surface area contributed by atoms with Gasteiger partial charge in [0.25, 0.3) is 0 Å². The van der Waals surface area contributed by atoms with Gasteiger partial charge in [-0.15, -0.1) is 11.3 Å². The van der Waals surface area contributed by atoms with Crippen LogP contribution < -0.4 is 10.7 Å². The Kier molecular flexibility index (Phi) is 8.82. The van der Waals surface area contributed by atoms with Gasteiger partial charge in [-0.2, -0.15) is 5.10 Å². The number of hydrazone groups is 1. The van der Waals surface area contributed by atoms with Gasteiger partial charge in [0.15, 0.2) is 10.8 Å². The molecule has 0 spiro atoms. The minimum atomic E-state index is -0.673. The molecule has 1 aliphatic heterocycles. The summed E-state index contributed by atoms with van der Waals surface area (Å²) in [7, 11) is 0. The van der Waals surface area contributed by atoms with Crippen LogP contribution in [0.4, 0.5) is 15.6 Å². The number of hydrogen-bond donors (Lipinski definition) is 2. The first kappa shape index (κ1) is 25.8. The first-order valence-corrected chi connectivity index (χ1v) is 12.7. The Balaban J connectivity index is 1.41. The Bertz CT molecular complexity index is 1250. The quantitative estimate of drug-likeness (QED) is 0.245. The van der Waals surface area contributed by atoms with Crippen LogP contribution in [0.25, 0.3) is 0 Å². The molecule has 2 heterocycles. The third kappa shape index (κ3) is 6.91. The molecule has 4 rings (SSSR count). The molecule has 1 aliphatic rings. The minimum absolute atomic E-state index is 0.0190. The van der Waals surface area contributed by atoms with Gasteiger partial charge in [-0.1, -0.05) is 48.5 Å². The van der Waals surface area contributed by atoms with Crippen molar-refractivity contribution in [1.29, 1.82) is 0 Å². The number of nitrogens with one attached hydrogen (secondary N) is 2. The van der Waals surface area contributed by atoms with E-state index in [1.54, 1.807) is 24.4 Å². The van der Waals surface area contributed by atoms with Gasteiger partial charge in [0.1, 0.15) is 18.3 Å². The molecule has 192 valence electrons. The normalized spacial score (nSPS) is 15.2. The van der Waals surface area contributed by atoms with Crippen LogP contribution in [0.15, 0.2) is 71.1 Å². The van der Waals surface area contributed by atoms with Crippen LogP contribution in [-0.2, 0) is 25.7 Å². The van der Waals surface area contributed by atoms with Gasteiger partial charge < -0.3 is 14.8 Å². The molecule has 0 radical (unpaired) electrons. The molecule has 2 N–H and O–H groups in total. The fraction of sp³-hybridized carbons (Fsp3) is 0.269. The lowest BCUT2D eigenvalue weighted by Crippen LogP contribution is -2.43. The second-order valence-corrected chi connectivity index (χ2v) is 8.94. The van der Waals surface area contributed by atoms with Crippen molar-refractivity contribution in [3.8, 4) is 0 Å². The van der Waals surface area contributed by atoms with E-state index in [-0.39, 0.29) is 35.7 Å². The van der Waals surface area contributed by atoms with Crippen LogP contribution in [0.2, 0.25) is 0 Å². The predicted molar refractivity (Wildman–Crippen MR) is 140 cm³/mol. The Morgan fingerprint density at radius 3 is 2.54 bits per heavy atom. The van der Waals surface area contributed by atoms with Crippen LogP contribution in [0.5, 0.6) is 0 Å². The molecule has 10 nitrogen and oxygen atoms in total. The van der Waals surface area contributed by atoms with E-state index in [4.69, 9.17) is 9.47 Å². The molecule has 1 atom stereocenters. The van der Waals surface area contributed by atoms with Crippen LogP contribution in [-0.4, -0.2) is 52.8 Å². The number of nitrogens with zero attached hydrogens (tertiary/aromatic N) is 3. The van der Waals surface area contributed by atoms with Crippen molar-refractivity contribution in [2.24, 2.45) is 5.10 Å². The number of amides is 2. The standard InChI is InChI=1S/C26H27N5O5S/c1-2-35-24(33)22(30-29-19-12-7-4-8-13-19)20-17-37-25(27-20)28-23(32)21-14-9-15-31(21)26(34)36-16-18-10-5-3-6-11-18/h3-8,10-13,17,21,29H,2,9,14-16H2,1H3,(H,27,28,32)/b30-22+/t21-/m0/s1. The molecule has 11 heteroatoms. The van der Waals surface area contributed by atoms with E-state index in [0.717, 1.165) is 16.9 Å². The predicted octanol–water partition coefficient (Wildman–Crippen LogP) is 4.26. The largest absolute Gasteiger partial charge is 0.461 e. The highest BCUT2D eigenvalue weighted by atomic mass is 32.1. The molecule has 0 bridgehead atoms. The number of anilines is 2. The van der Waals surface area contributed by atoms with E-state index in [0.29, 0.717) is 25.1 Å². The van der Waals surface area contributed by atoms with E-state index in [1.165, 1.54) is 4.90 Å². The summed E-state index contributed by atoms with van der Waals surface area (Å²) in [6, 6.07) is 17.8. The highest BCUT2D eigenvalue weighted by Gasteiger charge is 2.35. The highest BCUT2D eigenvalue weighted by Crippen LogP contribution is 2.23. The number of ether oxygens (including phenoxy) is 2. The number of rotatable bonds is 9. The van der Waals surface area contributed by atoms with Gasteiger partial charge in [0.05, 0.1) is 12.3 Å². The number of likely N-dealkylation sites (tertiary alicyclic amines) is 1. The second kappa shape index (κ2) is 12.6. The Morgan fingerprint density at radius 2 is 1.81 bits per heavy atom. The summed E-state index contributed by atoms with van der Waals surface area (Å²) >= 11 is 1.15. The summed E-state index contributed by atoms with van der Waals surface area (Å²) in [5.41, 5.74) is 4.62. The molecule has 3 aromatic rings. The van der Waals surface area contributed by atoms with Crippen molar-refractivity contribution < 1.29 is 23.9 Å². The minimum Gasteiger partial charge on any atom is -0.461 e. The zero-order chi connectivity index (χ0) is 26.0. The van der Waals surface area contributed by atoms with Crippen molar-refractivity contribution >= 4 is 45.8 Å². The van der Waals surface area contributed by atoms with Crippen molar-refractivity contribution in [3.63, 3.8) is 0 Å². The molecule has 37 heavy (non-hydrogen) atoms. The molecule has 2 aromatic carbocycles. The number of para-hydroxylation sites is 1. The lowest BCUT2D eigenvalue weighted by atomic mass is 10.2. The topological polar surface area (TPSA) is 122 Å². The third-order valence-electron chi connectivity index (χ3n) is 5.51. The highest BCUT2D eigenvalue weighted by molar-refractivity contribution is 7.14. The number of esters is 1. The van der Waals surface area contributed by atoms with E-state index in [1.807, 2.05) is 48.5 Å². The van der Waals surface area contributed by atoms with Gasteiger partial charge in [0.2, 0.25) is 5.91 Å². The van der Waals surface area contributed by atoms with Gasteiger partial charge in [-0.3, -0.25) is 15.1 Å². The number of carbonyl (C=O) groups is 3. The summed E-state index contributed by atoms with van der Waals surface area (Å²) in [6.45, 7) is 2.44. The van der Waals surface area contributed by atoms with Crippen LogP contribution >= 0.6 is 11.3 Å². The number of carbonyl (C=O) groups excluding carboxylic acids is 3. The van der Waals surface area contributed by atoms with Gasteiger partial charge in [-0.05, 0) is 37.5 Å². The number of thiazole rings is 1. The lowest BCUT2D eigenvalue weighted by Gasteiger charge is -2.22. The van der Waals surface area contributed by atoms with Crippen molar-refractivity contribution in [3.05, 3.63) is 77.3 Å². The number of benzene rings is 2. The second-order valence-electron chi connectivity index (χ2n) is 8.08. The maximum Gasteiger partial charge on any atom is 0.410 e. The number of aromatic nitrogens is 1. The Morgan fingerprint density at radius 1 is 1.08 bits per heavy atom. The zero-order valence-corrected chi connectivity index (χ0v) is 21.1. The maximum absolute atomic E-state index is 13.0. The Hall–Kier alpha value is -4.25. The molecule has 1 aromatic heterocycles. The van der Waals surface area contributed by atoms with Gasteiger partial charge in [0, 0.05) is 11.9 Å².